The molecule has 3 heteroatoms. The Morgan fingerprint density at radius 1 is 1.44 bits per heavy atom. The van der Waals surface area contributed by atoms with E-state index in [2.05, 4.69) is 5.32 Å². The smallest absolute Gasteiger partial charge is 0.181 e. The Balaban J connectivity index is 2.45. The zero-order valence-corrected chi connectivity index (χ0v) is 5.81. The van der Waals surface area contributed by atoms with Gasteiger partial charge in [-0.05, 0) is 0 Å². The van der Waals surface area contributed by atoms with Gasteiger partial charge in [0.1, 0.15) is 0 Å². The summed E-state index contributed by atoms with van der Waals surface area (Å²) in [6.07, 6.45) is 0.819. The highest BCUT2D eigenvalue weighted by Gasteiger charge is 2.33. The van der Waals surface area contributed by atoms with Crippen LogP contribution in [0.15, 0.2) is 0 Å². The van der Waals surface area contributed by atoms with Crippen molar-refractivity contribution < 1.29 is 9.47 Å². The van der Waals surface area contributed by atoms with Crippen molar-refractivity contribution in [2.45, 2.75) is 12.2 Å². The van der Waals surface area contributed by atoms with Gasteiger partial charge in [-0.25, -0.2) is 0 Å². The van der Waals surface area contributed by atoms with Crippen LogP contribution in [0.5, 0.6) is 0 Å². The highest BCUT2D eigenvalue weighted by molar-refractivity contribution is 4.87. The first-order valence-corrected chi connectivity index (χ1v) is 2.98. The molecule has 1 N–H and O–H groups in total. The van der Waals surface area contributed by atoms with Crippen molar-refractivity contribution in [3.63, 3.8) is 0 Å². The van der Waals surface area contributed by atoms with Crippen molar-refractivity contribution in [3.8, 4) is 0 Å². The second-order valence-corrected chi connectivity index (χ2v) is 2.11. The number of hydrogen-bond acceptors (Lipinski definition) is 3. The predicted octanol–water partition coefficient (Wildman–Crippen LogP) is 0.131. The van der Waals surface area contributed by atoms with E-state index in [1.54, 1.807) is 14.2 Å². The van der Waals surface area contributed by atoms with Crippen LogP contribution in [0.4, 0.5) is 0 Å². The van der Waals surface area contributed by atoms with E-state index in [0.717, 1.165) is 13.0 Å². The summed E-state index contributed by atoms with van der Waals surface area (Å²) in [7, 11) is 3.31. The Kier molecular flexibility index (Phi) is 2.05. The van der Waals surface area contributed by atoms with Crippen molar-refractivity contribution in [2.75, 3.05) is 20.8 Å². The molecule has 0 unspecified atom stereocenters. The van der Waals surface area contributed by atoms with Gasteiger partial charge < -0.3 is 14.8 Å². The molecule has 0 spiro atoms. The summed E-state index contributed by atoms with van der Waals surface area (Å²) in [5.74, 6) is -0.389. The topological polar surface area (TPSA) is 30.5 Å². The predicted molar refractivity (Wildman–Crippen MR) is 33.7 cm³/mol. The molecule has 0 atom stereocenters. The molecule has 9 heavy (non-hydrogen) atoms. The fraction of sp³-hybridized carbons (Fsp3) is 0.833. The molecule has 3 nitrogen and oxygen atoms in total. The second kappa shape index (κ2) is 2.64. The van der Waals surface area contributed by atoms with Crippen LogP contribution < -0.4 is 5.32 Å². The third kappa shape index (κ3) is 1.23. The van der Waals surface area contributed by atoms with Crippen molar-refractivity contribution >= 4 is 0 Å². The number of nitrogens with one attached hydrogen (secondary N) is 1. The van der Waals surface area contributed by atoms with Gasteiger partial charge >= 0.3 is 0 Å². The van der Waals surface area contributed by atoms with Crippen LogP contribution >= 0.6 is 0 Å². The summed E-state index contributed by atoms with van der Waals surface area (Å²) in [5.41, 5.74) is 0. The average Bonchev–Trinajstić information content (AvgIpc) is 2.36. The maximum atomic E-state index is 5.13. The highest BCUT2D eigenvalue weighted by atomic mass is 16.7. The average molecular weight is 130 g/mol. The lowest BCUT2D eigenvalue weighted by molar-refractivity contribution is -0.189. The van der Waals surface area contributed by atoms with Crippen LogP contribution in [0.25, 0.3) is 0 Å². The summed E-state index contributed by atoms with van der Waals surface area (Å²) in [6.45, 7) is 2.70. The zero-order valence-electron chi connectivity index (χ0n) is 5.81. The maximum Gasteiger partial charge on any atom is 0.181 e. The molecule has 1 aliphatic heterocycles. The lowest BCUT2D eigenvalue weighted by atomic mass is 10.2. The summed E-state index contributed by atoms with van der Waals surface area (Å²) < 4.78 is 10.3. The van der Waals surface area contributed by atoms with E-state index < -0.39 is 0 Å². The number of rotatable bonds is 2. The van der Waals surface area contributed by atoms with E-state index in [1.165, 1.54) is 0 Å². The van der Waals surface area contributed by atoms with Crippen LogP contribution in [0.1, 0.15) is 6.42 Å². The van der Waals surface area contributed by atoms with Gasteiger partial charge in [-0.3, -0.25) is 0 Å². The summed E-state index contributed by atoms with van der Waals surface area (Å²) in [4.78, 5) is 0. The Bertz CT molecular complexity index is 83.1. The molecule has 0 saturated carbocycles. The maximum absolute atomic E-state index is 5.13. The zero-order chi connectivity index (χ0) is 6.74. The van der Waals surface area contributed by atoms with Gasteiger partial charge in [-0.15, -0.1) is 0 Å². The molecule has 1 fully saturated rings. The van der Waals surface area contributed by atoms with Crippen LogP contribution in [0.2, 0.25) is 0 Å². The summed E-state index contributed by atoms with van der Waals surface area (Å²) in [6, 6.07) is 0. The number of methoxy groups -OCH3 is 2. The lowest BCUT2D eigenvalue weighted by Gasteiger charge is -2.23. The Hall–Kier alpha value is -0.120. The van der Waals surface area contributed by atoms with Gasteiger partial charge in [0.2, 0.25) is 0 Å². The van der Waals surface area contributed by atoms with E-state index in [-0.39, 0.29) is 5.79 Å². The quantitative estimate of drug-likeness (QED) is 0.539. The standard InChI is InChI=1S/C6H12NO2/c1-8-6(9-2)3-4-7-5-6/h4,7H,3,5H2,1-2H3. The molecule has 1 rings (SSSR count). The monoisotopic (exact) mass is 130 g/mol. The van der Waals surface area contributed by atoms with E-state index in [4.69, 9.17) is 9.47 Å². The van der Waals surface area contributed by atoms with Crippen LogP contribution in [0.3, 0.4) is 0 Å². The Morgan fingerprint density at radius 2 is 2.11 bits per heavy atom. The lowest BCUT2D eigenvalue weighted by Crippen LogP contribution is -2.35. The Morgan fingerprint density at radius 3 is 2.33 bits per heavy atom. The number of hydrogen-bond donors (Lipinski definition) is 1. The van der Waals surface area contributed by atoms with Crippen LogP contribution in [-0.4, -0.2) is 26.6 Å². The van der Waals surface area contributed by atoms with Gasteiger partial charge in [0.15, 0.2) is 5.79 Å². The molecule has 1 heterocycles. The molecule has 53 valence electrons. The fourth-order valence-electron chi connectivity index (χ4n) is 0.922. The van der Waals surface area contributed by atoms with Crippen molar-refractivity contribution in [3.05, 3.63) is 6.54 Å². The number of ether oxygens (including phenoxy) is 2. The molecular formula is C6H12NO2. The summed E-state index contributed by atoms with van der Waals surface area (Å²) in [5, 5.41) is 3.04. The molecule has 1 radical (unpaired) electrons. The largest absolute Gasteiger partial charge is 0.352 e. The van der Waals surface area contributed by atoms with Crippen molar-refractivity contribution in [1.82, 2.24) is 5.32 Å². The molecule has 1 saturated heterocycles. The van der Waals surface area contributed by atoms with Gasteiger partial charge in [-0.2, -0.15) is 0 Å². The van der Waals surface area contributed by atoms with Crippen LogP contribution in [0, 0.1) is 6.54 Å². The highest BCUT2D eigenvalue weighted by Crippen LogP contribution is 2.20. The fourth-order valence-corrected chi connectivity index (χ4v) is 0.922. The minimum Gasteiger partial charge on any atom is -0.352 e. The first kappa shape index (κ1) is 6.99. The molecular weight excluding hydrogens is 118 g/mol. The molecule has 0 bridgehead atoms. The van der Waals surface area contributed by atoms with E-state index >= 15 is 0 Å². The molecule has 0 aliphatic carbocycles. The van der Waals surface area contributed by atoms with E-state index in [0.29, 0.717) is 0 Å². The normalized spacial score (nSPS) is 24.7. The third-order valence-corrected chi connectivity index (χ3v) is 1.67. The minimum atomic E-state index is -0.389. The van der Waals surface area contributed by atoms with Crippen molar-refractivity contribution in [2.24, 2.45) is 0 Å². The van der Waals surface area contributed by atoms with Crippen molar-refractivity contribution in [1.29, 1.82) is 0 Å². The SMILES string of the molecule is COC1(OC)C[CH]NC1. The Labute approximate surface area is 55.3 Å². The van der Waals surface area contributed by atoms with Gasteiger partial charge in [0.05, 0.1) is 6.54 Å². The van der Waals surface area contributed by atoms with Gasteiger partial charge in [0.25, 0.3) is 0 Å². The first-order valence-electron chi connectivity index (χ1n) is 2.98. The third-order valence-electron chi connectivity index (χ3n) is 1.67. The van der Waals surface area contributed by atoms with Gasteiger partial charge in [0, 0.05) is 27.2 Å². The second-order valence-electron chi connectivity index (χ2n) is 2.11. The molecule has 0 amide bonds. The van der Waals surface area contributed by atoms with E-state index in [9.17, 15) is 0 Å². The molecule has 0 aromatic rings. The minimum absolute atomic E-state index is 0.389. The molecule has 0 aromatic heterocycles. The van der Waals surface area contributed by atoms with E-state index in [1.807, 2.05) is 6.54 Å². The van der Waals surface area contributed by atoms with Gasteiger partial charge in [-0.1, -0.05) is 0 Å². The summed E-state index contributed by atoms with van der Waals surface area (Å²) >= 11 is 0. The first-order chi connectivity index (χ1) is 4.33. The molecule has 0 aromatic carbocycles. The molecule has 1 aliphatic rings. The van der Waals surface area contributed by atoms with Crippen LogP contribution in [-0.2, 0) is 9.47 Å².